The summed E-state index contributed by atoms with van der Waals surface area (Å²) in [5.74, 6) is 0.343. The van der Waals surface area contributed by atoms with Crippen molar-refractivity contribution in [3.8, 4) is 0 Å². The predicted molar refractivity (Wildman–Crippen MR) is 100 cm³/mol. The number of urea groups is 1. The molecule has 2 heterocycles. The number of rotatable bonds is 4. The fourth-order valence-corrected chi connectivity index (χ4v) is 4.25. The highest BCUT2D eigenvalue weighted by Crippen LogP contribution is 2.24. The summed E-state index contributed by atoms with van der Waals surface area (Å²) in [6.45, 7) is 5.63. The van der Waals surface area contributed by atoms with E-state index >= 15 is 0 Å². The first kappa shape index (κ1) is 17.9. The standard InChI is InChI=1S/C20H25FN2OS/c1-14-6-7-19(25-14)15(2)22-20(24)23-10-8-16(9-11-23)12-17-4-3-5-18(21)13-17/h3-7,13,15-16H,8-12H2,1-2H3,(H,22,24). The van der Waals surface area contributed by atoms with E-state index in [0.29, 0.717) is 5.92 Å². The molecule has 2 aromatic rings. The molecule has 2 amide bonds. The molecule has 5 heteroatoms. The van der Waals surface area contributed by atoms with Crippen molar-refractivity contribution in [3.05, 3.63) is 57.5 Å². The first-order valence-corrected chi connectivity index (χ1v) is 9.69. The van der Waals surface area contributed by atoms with Gasteiger partial charge in [-0.05, 0) is 68.9 Å². The number of halogens is 1. The molecule has 3 rings (SSSR count). The maximum Gasteiger partial charge on any atom is 0.317 e. The number of piperidine rings is 1. The number of amides is 2. The molecule has 1 saturated heterocycles. The van der Waals surface area contributed by atoms with Crippen LogP contribution in [0.3, 0.4) is 0 Å². The van der Waals surface area contributed by atoms with Gasteiger partial charge in [-0.25, -0.2) is 9.18 Å². The maximum atomic E-state index is 13.3. The molecular formula is C20H25FN2OS. The first-order valence-electron chi connectivity index (χ1n) is 8.87. The van der Waals surface area contributed by atoms with E-state index in [9.17, 15) is 9.18 Å². The highest BCUT2D eigenvalue weighted by molar-refractivity contribution is 7.12. The maximum absolute atomic E-state index is 13.3. The van der Waals surface area contributed by atoms with E-state index < -0.39 is 0 Å². The van der Waals surface area contributed by atoms with Gasteiger partial charge in [-0.1, -0.05) is 12.1 Å². The van der Waals surface area contributed by atoms with E-state index in [4.69, 9.17) is 0 Å². The molecule has 0 bridgehead atoms. The third-order valence-electron chi connectivity index (χ3n) is 4.84. The highest BCUT2D eigenvalue weighted by atomic mass is 32.1. The molecule has 3 nitrogen and oxygen atoms in total. The van der Waals surface area contributed by atoms with Crippen LogP contribution >= 0.6 is 11.3 Å². The lowest BCUT2D eigenvalue weighted by atomic mass is 9.90. The Labute approximate surface area is 152 Å². The molecule has 1 aliphatic heterocycles. The third kappa shape index (κ3) is 4.82. The third-order valence-corrected chi connectivity index (χ3v) is 6.03. The van der Waals surface area contributed by atoms with Crippen molar-refractivity contribution in [1.82, 2.24) is 10.2 Å². The Morgan fingerprint density at radius 3 is 2.72 bits per heavy atom. The van der Waals surface area contributed by atoms with Crippen molar-refractivity contribution in [2.24, 2.45) is 5.92 Å². The average Bonchev–Trinajstić information content (AvgIpc) is 3.02. The van der Waals surface area contributed by atoms with Gasteiger partial charge in [0.15, 0.2) is 0 Å². The van der Waals surface area contributed by atoms with Crippen LogP contribution in [0.1, 0.15) is 41.1 Å². The van der Waals surface area contributed by atoms with Gasteiger partial charge >= 0.3 is 6.03 Å². The Balaban J connectivity index is 1.47. The van der Waals surface area contributed by atoms with Crippen LogP contribution in [-0.4, -0.2) is 24.0 Å². The van der Waals surface area contributed by atoms with E-state index in [-0.39, 0.29) is 17.9 Å². The highest BCUT2D eigenvalue weighted by Gasteiger charge is 2.24. The van der Waals surface area contributed by atoms with Crippen LogP contribution in [0.15, 0.2) is 36.4 Å². The second-order valence-corrected chi connectivity index (χ2v) is 8.20. The summed E-state index contributed by atoms with van der Waals surface area (Å²) in [6, 6.07) is 11.1. The first-order chi connectivity index (χ1) is 12.0. The Morgan fingerprint density at radius 1 is 1.32 bits per heavy atom. The van der Waals surface area contributed by atoms with Crippen LogP contribution in [-0.2, 0) is 6.42 Å². The van der Waals surface area contributed by atoms with Crippen molar-refractivity contribution >= 4 is 17.4 Å². The number of hydrogen-bond donors (Lipinski definition) is 1. The number of nitrogens with zero attached hydrogens (tertiary/aromatic N) is 1. The number of nitrogens with one attached hydrogen (secondary N) is 1. The second kappa shape index (κ2) is 8.00. The number of hydrogen-bond acceptors (Lipinski definition) is 2. The Hall–Kier alpha value is -1.88. The lowest BCUT2D eigenvalue weighted by Gasteiger charge is -2.33. The lowest BCUT2D eigenvalue weighted by Crippen LogP contribution is -2.45. The SMILES string of the molecule is Cc1ccc(C(C)NC(=O)N2CCC(Cc3cccc(F)c3)CC2)s1. The van der Waals surface area contributed by atoms with Crippen molar-refractivity contribution < 1.29 is 9.18 Å². The molecule has 0 saturated carbocycles. The van der Waals surface area contributed by atoms with Crippen molar-refractivity contribution in [1.29, 1.82) is 0 Å². The Morgan fingerprint density at radius 2 is 2.08 bits per heavy atom. The van der Waals surface area contributed by atoms with Gasteiger partial charge in [0.05, 0.1) is 6.04 Å². The smallest absolute Gasteiger partial charge is 0.317 e. The van der Waals surface area contributed by atoms with Crippen LogP contribution in [0.4, 0.5) is 9.18 Å². The lowest BCUT2D eigenvalue weighted by molar-refractivity contribution is 0.168. The summed E-state index contributed by atoms with van der Waals surface area (Å²) in [6.07, 6.45) is 2.82. The fourth-order valence-electron chi connectivity index (χ4n) is 3.37. The normalized spacial score (nSPS) is 16.7. The summed E-state index contributed by atoms with van der Waals surface area (Å²) >= 11 is 1.72. The van der Waals surface area contributed by atoms with Gasteiger partial charge in [0.25, 0.3) is 0 Å². The topological polar surface area (TPSA) is 32.3 Å². The molecule has 0 radical (unpaired) electrons. The number of thiophene rings is 1. The molecule has 1 aromatic carbocycles. The number of carbonyl (C=O) groups is 1. The number of aryl methyl sites for hydroxylation is 1. The number of benzene rings is 1. The second-order valence-electron chi connectivity index (χ2n) is 6.88. The van der Waals surface area contributed by atoms with Gasteiger partial charge < -0.3 is 10.2 Å². The molecule has 25 heavy (non-hydrogen) atoms. The van der Waals surface area contributed by atoms with E-state index in [2.05, 4.69) is 24.4 Å². The van der Waals surface area contributed by atoms with Crippen LogP contribution < -0.4 is 5.32 Å². The van der Waals surface area contributed by atoms with E-state index in [0.717, 1.165) is 37.9 Å². The van der Waals surface area contributed by atoms with Crippen molar-refractivity contribution in [2.45, 2.75) is 39.2 Å². The Bertz CT molecular complexity index is 722. The summed E-state index contributed by atoms with van der Waals surface area (Å²) in [5.41, 5.74) is 1.05. The fraction of sp³-hybridized carbons (Fsp3) is 0.450. The summed E-state index contributed by atoms with van der Waals surface area (Å²) in [7, 11) is 0. The van der Waals surface area contributed by atoms with Crippen LogP contribution in [0.2, 0.25) is 0 Å². The van der Waals surface area contributed by atoms with E-state index in [1.54, 1.807) is 23.5 Å². The predicted octanol–water partition coefficient (Wildman–Crippen LogP) is 4.92. The van der Waals surface area contributed by atoms with E-state index in [1.165, 1.54) is 15.8 Å². The van der Waals surface area contributed by atoms with Crippen molar-refractivity contribution in [3.63, 3.8) is 0 Å². The van der Waals surface area contributed by atoms with Gasteiger partial charge in [-0.3, -0.25) is 0 Å². The van der Waals surface area contributed by atoms with Crippen LogP contribution in [0, 0.1) is 18.7 Å². The van der Waals surface area contributed by atoms with Crippen molar-refractivity contribution in [2.75, 3.05) is 13.1 Å². The quantitative estimate of drug-likeness (QED) is 0.824. The molecule has 1 aliphatic rings. The molecule has 134 valence electrons. The zero-order chi connectivity index (χ0) is 17.8. The molecule has 1 unspecified atom stereocenters. The van der Waals surface area contributed by atoms with Gasteiger partial charge in [0, 0.05) is 22.8 Å². The summed E-state index contributed by atoms with van der Waals surface area (Å²) in [4.78, 5) is 16.8. The van der Waals surface area contributed by atoms with Gasteiger partial charge in [-0.2, -0.15) is 0 Å². The minimum atomic E-state index is -0.174. The molecule has 1 N–H and O–H groups in total. The molecule has 1 atom stereocenters. The van der Waals surface area contributed by atoms with Gasteiger partial charge in [0.2, 0.25) is 0 Å². The minimum Gasteiger partial charge on any atom is -0.331 e. The molecule has 1 fully saturated rings. The number of likely N-dealkylation sites (tertiary alicyclic amines) is 1. The zero-order valence-electron chi connectivity index (χ0n) is 14.8. The van der Waals surface area contributed by atoms with Gasteiger partial charge in [-0.15, -0.1) is 11.3 Å². The zero-order valence-corrected chi connectivity index (χ0v) is 15.6. The number of carbonyl (C=O) groups excluding carboxylic acids is 1. The summed E-state index contributed by atoms with van der Waals surface area (Å²) in [5, 5.41) is 3.10. The van der Waals surface area contributed by atoms with Gasteiger partial charge in [0.1, 0.15) is 5.82 Å². The largest absolute Gasteiger partial charge is 0.331 e. The van der Waals surface area contributed by atoms with E-state index in [1.807, 2.05) is 17.9 Å². The minimum absolute atomic E-state index is 0.0164. The molecule has 1 aromatic heterocycles. The summed E-state index contributed by atoms with van der Waals surface area (Å²) < 4.78 is 13.3. The van der Waals surface area contributed by atoms with Crippen LogP contribution in [0.5, 0.6) is 0 Å². The monoisotopic (exact) mass is 360 g/mol. The molecule has 0 spiro atoms. The average molecular weight is 360 g/mol. The molecule has 0 aliphatic carbocycles. The van der Waals surface area contributed by atoms with Crippen LogP contribution in [0.25, 0.3) is 0 Å². The molecular weight excluding hydrogens is 335 g/mol. The Kier molecular flexibility index (Phi) is 5.74.